The zero-order chi connectivity index (χ0) is 21.2. The Morgan fingerprint density at radius 3 is 2.06 bits per heavy atom. The Bertz CT molecular complexity index is 646. The van der Waals surface area contributed by atoms with Gasteiger partial charge in [-0.05, 0) is 49.7 Å². The standard InChI is InChI=1S/C25H40N2O3.2ClH/c1-30-24-7-3-6-23(20-24)25(29)12-17-26-13-8-21(9-14-26)4-2-5-22-10-15-27(16-11-22)18-19-28;;/h3,6-7,20-22,28H,2,4-5,8-19H2,1H3;2*1H. The van der Waals surface area contributed by atoms with Crippen molar-refractivity contribution in [2.45, 2.75) is 51.4 Å². The summed E-state index contributed by atoms with van der Waals surface area (Å²) in [5.41, 5.74) is 0.771. The lowest BCUT2D eigenvalue weighted by molar-refractivity contribution is -0.906. The first-order valence-electron chi connectivity index (χ1n) is 12.1. The second kappa shape index (κ2) is 15.9. The molecule has 0 aromatic heterocycles. The van der Waals surface area contributed by atoms with Gasteiger partial charge in [-0.1, -0.05) is 31.4 Å². The Labute approximate surface area is 206 Å². The lowest BCUT2D eigenvalue weighted by Crippen LogP contribution is -3.13. The first-order chi connectivity index (χ1) is 14.7. The third-order valence-electron chi connectivity index (χ3n) is 7.41. The van der Waals surface area contributed by atoms with Gasteiger partial charge in [0.25, 0.3) is 0 Å². The summed E-state index contributed by atoms with van der Waals surface area (Å²) >= 11 is 0. The van der Waals surface area contributed by atoms with Crippen LogP contribution < -0.4 is 39.4 Å². The van der Waals surface area contributed by atoms with E-state index < -0.39 is 0 Å². The minimum Gasteiger partial charge on any atom is -1.00 e. The zero-order valence-corrected chi connectivity index (χ0v) is 21.1. The van der Waals surface area contributed by atoms with Crippen molar-refractivity contribution >= 4 is 5.78 Å². The number of Topliss-reactive ketones (excluding diaryl/α,β-unsaturated/α-hetero) is 1. The Balaban J connectivity index is 0.00000256. The van der Waals surface area contributed by atoms with Crippen LogP contribution in [0.3, 0.4) is 0 Å². The number of methoxy groups -OCH3 is 1. The van der Waals surface area contributed by atoms with Crippen molar-refractivity contribution in [1.82, 2.24) is 0 Å². The molecule has 2 aliphatic rings. The minimum atomic E-state index is 0. The number of hydrogen-bond donors (Lipinski definition) is 3. The maximum absolute atomic E-state index is 12.5. The number of carbonyl (C=O) groups excluding carboxylic acids is 1. The Morgan fingerprint density at radius 1 is 0.969 bits per heavy atom. The largest absolute Gasteiger partial charge is 1.00 e. The molecule has 0 spiro atoms. The molecule has 0 atom stereocenters. The molecule has 5 nitrogen and oxygen atoms in total. The van der Waals surface area contributed by atoms with Crippen molar-refractivity contribution in [3.8, 4) is 5.75 Å². The number of quaternary nitrogens is 2. The van der Waals surface area contributed by atoms with E-state index in [0.29, 0.717) is 13.0 Å². The van der Waals surface area contributed by atoms with Gasteiger partial charge in [0, 0.05) is 5.56 Å². The van der Waals surface area contributed by atoms with E-state index in [2.05, 4.69) is 0 Å². The number of rotatable bonds is 11. The molecule has 3 N–H and O–H groups in total. The lowest BCUT2D eigenvalue weighted by Gasteiger charge is -2.31. The summed E-state index contributed by atoms with van der Waals surface area (Å²) in [6.45, 7) is 7.16. The number of halogens is 2. The summed E-state index contributed by atoms with van der Waals surface area (Å²) < 4.78 is 5.23. The van der Waals surface area contributed by atoms with Crippen LogP contribution in [-0.2, 0) is 0 Å². The topological polar surface area (TPSA) is 55.4 Å². The average Bonchev–Trinajstić information content (AvgIpc) is 2.79. The summed E-state index contributed by atoms with van der Waals surface area (Å²) in [6, 6.07) is 7.52. The molecule has 0 radical (unpaired) electrons. The number of piperidine rings is 2. The molecule has 1 aromatic rings. The van der Waals surface area contributed by atoms with Crippen LogP contribution in [0.4, 0.5) is 0 Å². The first-order valence-corrected chi connectivity index (χ1v) is 12.1. The molecule has 2 saturated heterocycles. The molecular weight excluding hydrogens is 447 g/mol. The van der Waals surface area contributed by atoms with Crippen LogP contribution in [0.5, 0.6) is 5.75 Å². The van der Waals surface area contributed by atoms with Crippen LogP contribution in [0, 0.1) is 11.8 Å². The van der Waals surface area contributed by atoms with Crippen LogP contribution in [0.1, 0.15) is 61.7 Å². The van der Waals surface area contributed by atoms with Crippen LogP contribution in [0.2, 0.25) is 0 Å². The van der Waals surface area contributed by atoms with Gasteiger partial charge in [-0.3, -0.25) is 4.79 Å². The van der Waals surface area contributed by atoms with Gasteiger partial charge in [-0.25, -0.2) is 0 Å². The third-order valence-corrected chi connectivity index (χ3v) is 7.41. The molecule has 184 valence electrons. The molecule has 0 unspecified atom stereocenters. The van der Waals surface area contributed by atoms with Gasteiger partial charge in [0.05, 0.1) is 52.9 Å². The normalized spacial score (nSPS) is 25.3. The molecule has 0 amide bonds. The van der Waals surface area contributed by atoms with Crippen molar-refractivity contribution < 1.29 is 49.3 Å². The van der Waals surface area contributed by atoms with Crippen molar-refractivity contribution in [3.63, 3.8) is 0 Å². The van der Waals surface area contributed by atoms with Crippen molar-refractivity contribution in [2.24, 2.45) is 11.8 Å². The maximum Gasteiger partial charge on any atom is 0.168 e. The fraction of sp³-hybridized carbons (Fsp3) is 0.720. The third kappa shape index (κ3) is 9.56. The van der Waals surface area contributed by atoms with E-state index in [1.807, 2.05) is 24.3 Å². The molecule has 0 aliphatic carbocycles. The molecule has 1 aromatic carbocycles. The van der Waals surface area contributed by atoms with Gasteiger partial charge in [0.2, 0.25) is 0 Å². The monoisotopic (exact) mass is 488 g/mol. The molecule has 0 saturated carbocycles. The molecule has 2 aliphatic heterocycles. The van der Waals surface area contributed by atoms with Gasteiger partial charge < -0.3 is 44.5 Å². The average molecular weight is 490 g/mol. The number of benzene rings is 1. The highest BCUT2D eigenvalue weighted by Crippen LogP contribution is 2.23. The van der Waals surface area contributed by atoms with Crippen LogP contribution in [0.15, 0.2) is 24.3 Å². The van der Waals surface area contributed by atoms with Gasteiger partial charge in [0.1, 0.15) is 12.3 Å². The van der Waals surface area contributed by atoms with E-state index in [9.17, 15) is 4.79 Å². The predicted octanol–water partition coefficient (Wildman–Crippen LogP) is -4.97. The molecular formula is C25H42Cl2N2O3. The summed E-state index contributed by atoms with van der Waals surface area (Å²) in [5.74, 6) is 2.80. The Kier molecular flexibility index (Phi) is 14.5. The number of aliphatic hydroxyl groups is 1. The fourth-order valence-corrected chi connectivity index (χ4v) is 5.33. The van der Waals surface area contributed by atoms with E-state index in [4.69, 9.17) is 9.84 Å². The van der Waals surface area contributed by atoms with E-state index in [1.165, 1.54) is 71.1 Å². The SMILES string of the molecule is COc1cccc(C(=O)CC[NH+]2CCC(CCCC3CC[NH+](CCO)CC3)CC2)c1.[Cl-].[Cl-]. The molecule has 2 heterocycles. The maximum atomic E-state index is 12.5. The van der Waals surface area contributed by atoms with Crippen LogP contribution in [-0.4, -0.2) is 63.9 Å². The summed E-state index contributed by atoms with van der Waals surface area (Å²) in [6.07, 6.45) is 10.1. The highest BCUT2D eigenvalue weighted by molar-refractivity contribution is 5.96. The second-order valence-electron chi connectivity index (χ2n) is 9.45. The number of hydrogen-bond acceptors (Lipinski definition) is 3. The van der Waals surface area contributed by atoms with E-state index >= 15 is 0 Å². The number of carbonyl (C=O) groups is 1. The van der Waals surface area contributed by atoms with Crippen molar-refractivity contribution in [1.29, 1.82) is 0 Å². The molecule has 3 rings (SSSR count). The number of ketones is 1. The highest BCUT2D eigenvalue weighted by Gasteiger charge is 2.24. The predicted molar refractivity (Wildman–Crippen MR) is 119 cm³/mol. The molecule has 32 heavy (non-hydrogen) atoms. The quantitative estimate of drug-likeness (QED) is 0.273. The van der Waals surface area contributed by atoms with Crippen molar-refractivity contribution in [3.05, 3.63) is 29.8 Å². The first kappa shape index (κ1) is 29.2. The van der Waals surface area contributed by atoms with Crippen LogP contribution in [0.25, 0.3) is 0 Å². The van der Waals surface area contributed by atoms with Gasteiger partial charge in [-0.15, -0.1) is 0 Å². The number of nitrogens with one attached hydrogen (secondary N) is 2. The van der Waals surface area contributed by atoms with E-state index in [0.717, 1.165) is 36.2 Å². The summed E-state index contributed by atoms with van der Waals surface area (Å²) in [7, 11) is 1.64. The molecule has 0 bridgehead atoms. The van der Waals surface area contributed by atoms with Gasteiger partial charge in [-0.2, -0.15) is 0 Å². The highest BCUT2D eigenvalue weighted by atomic mass is 35.5. The second-order valence-corrected chi connectivity index (χ2v) is 9.45. The smallest absolute Gasteiger partial charge is 0.168 e. The van der Waals surface area contributed by atoms with Crippen molar-refractivity contribution in [2.75, 3.05) is 53.0 Å². The lowest BCUT2D eigenvalue weighted by atomic mass is 9.87. The zero-order valence-electron chi connectivity index (χ0n) is 19.6. The summed E-state index contributed by atoms with van der Waals surface area (Å²) in [5, 5.41) is 9.08. The Hall–Kier alpha value is -0.850. The Morgan fingerprint density at radius 2 is 1.53 bits per heavy atom. The van der Waals surface area contributed by atoms with Gasteiger partial charge >= 0.3 is 0 Å². The van der Waals surface area contributed by atoms with Crippen LogP contribution >= 0.6 is 0 Å². The minimum absolute atomic E-state index is 0. The van der Waals surface area contributed by atoms with E-state index in [-0.39, 0.29) is 30.6 Å². The number of likely N-dealkylation sites (tertiary alicyclic amines) is 2. The number of aliphatic hydroxyl groups excluding tert-OH is 1. The molecule has 7 heteroatoms. The van der Waals surface area contributed by atoms with E-state index in [1.54, 1.807) is 16.9 Å². The van der Waals surface area contributed by atoms with Gasteiger partial charge in [0.15, 0.2) is 5.78 Å². The molecule has 2 fully saturated rings. The summed E-state index contributed by atoms with van der Waals surface area (Å²) in [4.78, 5) is 15.7. The fourth-order valence-electron chi connectivity index (χ4n) is 5.33. The number of ether oxygens (including phenoxy) is 1.